The summed E-state index contributed by atoms with van der Waals surface area (Å²) in [5, 5.41) is 0.854. The number of rotatable bonds is 4. The molecule has 35 heavy (non-hydrogen) atoms. The molecule has 0 atom stereocenters. The minimum Gasteiger partial charge on any atom is -0.339 e. The van der Waals surface area contributed by atoms with Gasteiger partial charge in [-0.2, -0.15) is 0 Å². The van der Waals surface area contributed by atoms with Gasteiger partial charge in [0.2, 0.25) is 5.91 Å². The predicted molar refractivity (Wildman–Crippen MR) is 138 cm³/mol. The van der Waals surface area contributed by atoms with E-state index >= 15 is 0 Å². The zero-order chi connectivity index (χ0) is 24.5. The average molecular weight is 514 g/mol. The molecular weight excluding hydrogens is 485 g/mol. The minimum atomic E-state index is -0.117. The molecule has 0 bridgehead atoms. The monoisotopic (exact) mass is 513 g/mol. The molecule has 0 radical (unpaired) electrons. The number of hydrogen-bond acceptors (Lipinski definition) is 4. The summed E-state index contributed by atoms with van der Waals surface area (Å²) in [7, 11) is 2.06. The van der Waals surface area contributed by atoms with Crippen molar-refractivity contribution in [3.8, 4) is 0 Å². The van der Waals surface area contributed by atoms with Gasteiger partial charge in [0, 0.05) is 44.2 Å². The third-order valence-electron chi connectivity index (χ3n) is 7.22. The first-order chi connectivity index (χ1) is 16.9. The average Bonchev–Trinajstić information content (AvgIpc) is 3.19. The summed E-state index contributed by atoms with van der Waals surface area (Å²) in [6, 6.07) is 13.1. The van der Waals surface area contributed by atoms with Crippen LogP contribution in [0.2, 0.25) is 10.0 Å². The Hall–Kier alpha value is -2.61. The second-order valence-electron chi connectivity index (χ2n) is 9.37. The largest absolute Gasteiger partial charge is 0.339 e. The van der Waals surface area contributed by atoms with Crippen LogP contribution in [0.1, 0.15) is 29.0 Å². The van der Waals surface area contributed by atoms with E-state index < -0.39 is 0 Å². The summed E-state index contributed by atoms with van der Waals surface area (Å²) in [6.07, 6.45) is 1.70. The molecule has 0 aliphatic carbocycles. The van der Waals surface area contributed by atoms with E-state index in [1.165, 1.54) is 0 Å². The van der Waals surface area contributed by atoms with Crippen molar-refractivity contribution in [2.45, 2.75) is 19.4 Å². The number of piperidine rings is 1. The molecule has 1 aromatic heterocycles. The Morgan fingerprint density at radius 1 is 0.943 bits per heavy atom. The lowest BCUT2D eigenvalue weighted by Crippen LogP contribution is -2.53. The number of likely N-dealkylation sites (tertiary alicyclic amines) is 1. The van der Waals surface area contributed by atoms with Crippen LogP contribution in [-0.4, -0.2) is 75.3 Å². The van der Waals surface area contributed by atoms with Crippen LogP contribution >= 0.6 is 23.2 Å². The molecule has 5 rings (SSSR count). The molecule has 0 saturated carbocycles. The molecular formula is C26H29Cl2N5O2. The highest BCUT2D eigenvalue weighted by atomic mass is 35.5. The summed E-state index contributed by atoms with van der Waals surface area (Å²) < 4.78 is 2.16. The normalized spacial score (nSPS) is 17.8. The molecule has 2 aliphatic heterocycles. The maximum atomic E-state index is 13.2. The van der Waals surface area contributed by atoms with Gasteiger partial charge in [-0.05, 0) is 56.3 Å². The predicted octanol–water partition coefficient (Wildman–Crippen LogP) is 4.08. The zero-order valence-corrected chi connectivity index (χ0v) is 21.3. The number of para-hydroxylation sites is 2. The molecule has 184 valence electrons. The topological polar surface area (TPSA) is 61.7 Å². The van der Waals surface area contributed by atoms with E-state index in [9.17, 15) is 9.59 Å². The van der Waals surface area contributed by atoms with Crippen molar-refractivity contribution < 1.29 is 9.59 Å². The number of imidazole rings is 1. The van der Waals surface area contributed by atoms with Gasteiger partial charge in [-0.1, -0.05) is 35.3 Å². The fourth-order valence-corrected chi connectivity index (χ4v) is 5.59. The maximum Gasteiger partial charge on any atom is 0.255 e. The Morgan fingerprint density at radius 2 is 1.63 bits per heavy atom. The molecule has 2 aromatic carbocycles. The van der Waals surface area contributed by atoms with Gasteiger partial charge >= 0.3 is 0 Å². The highest BCUT2D eigenvalue weighted by molar-refractivity contribution is 6.36. The Labute approximate surface area is 215 Å². The molecule has 3 aromatic rings. The molecule has 9 heteroatoms. The summed E-state index contributed by atoms with van der Waals surface area (Å²) in [5.74, 6) is 1.19. The van der Waals surface area contributed by atoms with E-state index in [2.05, 4.69) is 22.6 Å². The van der Waals surface area contributed by atoms with Crippen molar-refractivity contribution in [2.75, 3.05) is 39.3 Å². The maximum absolute atomic E-state index is 13.2. The summed E-state index contributed by atoms with van der Waals surface area (Å²) in [4.78, 5) is 36.9. The highest BCUT2D eigenvalue weighted by Gasteiger charge is 2.32. The van der Waals surface area contributed by atoms with Crippen molar-refractivity contribution in [2.24, 2.45) is 13.0 Å². The van der Waals surface area contributed by atoms with Gasteiger partial charge in [-0.25, -0.2) is 4.98 Å². The highest BCUT2D eigenvalue weighted by Crippen LogP contribution is 2.25. The number of amides is 2. The number of hydrogen-bond donors (Lipinski definition) is 0. The first kappa shape index (κ1) is 24.1. The van der Waals surface area contributed by atoms with Gasteiger partial charge < -0.3 is 14.4 Å². The molecule has 0 N–H and O–H groups in total. The number of fused-ring (bicyclic) bond motifs is 1. The fraction of sp³-hybridized carbons (Fsp3) is 0.423. The van der Waals surface area contributed by atoms with Crippen molar-refractivity contribution in [3.63, 3.8) is 0 Å². The number of carbonyl (C=O) groups excluding carboxylic acids is 2. The summed E-state index contributed by atoms with van der Waals surface area (Å²) >= 11 is 12.2. The molecule has 0 spiro atoms. The van der Waals surface area contributed by atoms with Crippen LogP contribution in [0.15, 0.2) is 42.5 Å². The smallest absolute Gasteiger partial charge is 0.255 e. The van der Waals surface area contributed by atoms with Gasteiger partial charge in [-0.15, -0.1) is 0 Å². The van der Waals surface area contributed by atoms with Gasteiger partial charge in [0.25, 0.3) is 5.91 Å². The number of aryl methyl sites for hydroxylation is 1. The number of piperazine rings is 1. The lowest BCUT2D eigenvalue weighted by molar-refractivity contribution is -0.138. The third kappa shape index (κ3) is 5.03. The first-order valence-corrected chi connectivity index (χ1v) is 12.8. The van der Waals surface area contributed by atoms with Gasteiger partial charge in [-0.3, -0.25) is 14.5 Å². The van der Waals surface area contributed by atoms with Crippen LogP contribution in [0.25, 0.3) is 11.0 Å². The second kappa shape index (κ2) is 10.2. The van der Waals surface area contributed by atoms with Crippen LogP contribution in [0.5, 0.6) is 0 Å². The fourth-order valence-electron chi connectivity index (χ4n) is 5.10. The van der Waals surface area contributed by atoms with E-state index in [-0.39, 0.29) is 17.7 Å². The second-order valence-corrected chi connectivity index (χ2v) is 10.2. The standard InChI is InChI=1S/C26H29Cl2N5O2/c1-30-23-5-3-2-4-22(23)29-24(30)17-31-10-8-18(9-11-31)25(34)32-12-14-33(15-13-32)26(35)20-7-6-19(27)16-21(20)28/h2-7,16,18H,8-15,17H2,1H3. The van der Waals surface area contributed by atoms with Crippen molar-refractivity contribution in [3.05, 3.63) is 63.9 Å². The molecule has 2 fully saturated rings. The quantitative estimate of drug-likeness (QED) is 0.527. The lowest BCUT2D eigenvalue weighted by Gasteiger charge is -2.38. The SMILES string of the molecule is Cn1c(CN2CCC(C(=O)N3CCN(C(=O)c4ccc(Cl)cc4Cl)CC3)CC2)nc2ccccc21. The molecule has 0 unspecified atom stereocenters. The number of carbonyl (C=O) groups is 2. The summed E-state index contributed by atoms with van der Waals surface area (Å²) in [6.45, 7) is 4.68. The zero-order valence-electron chi connectivity index (χ0n) is 19.8. The van der Waals surface area contributed by atoms with Crippen molar-refractivity contribution >= 4 is 46.0 Å². The van der Waals surface area contributed by atoms with E-state index in [0.29, 0.717) is 41.8 Å². The van der Waals surface area contributed by atoms with Gasteiger partial charge in [0.1, 0.15) is 5.82 Å². The van der Waals surface area contributed by atoms with Crippen LogP contribution in [0.4, 0.5) is 0 Å². The summed E-state index contributed by atoms with van der Waals surface area (Å²) in [5.41, 5.74) is 2.61. The third-order valence-corrected chi connectivity index (χ3v) is 7.77. The van der Waals surface area contributed by atoms with E-state index in [1.807, 2.05) is 23.1 Å². The molecule has 7 nitrogen and oxygen atoms in total. The van der Waals surface area contributed by atoms with Crippen LogP contribution < -0.4 is 0 Å². The number of halogens is 2. The first-order valence-electron chi connectivity index (χ1n) is 12.1. The molecule has 2 amide bonds. The number of aromatic nitrogens is 2. The Morgan fingerprint density at radius 3 is 2.31 bits per heavy atom. The van der Waals surface area contributed by atoms with Crippen LogP contribution in [-0.2, 0) is 18.4 Å². The van der Waals surface area contributed by atoms with Crippen molar-refractivity contribution in [1.29, 1.82) is 0 Å². The Balaban J connectivity index is 1.12. The van der Waals surface area contributed by atoms with E-state index in [0.717, 1.165) is 49.3 Å². The van der Waals surface area contributed by atoms with Crippen LogP contribution in [0.3, 0.4) is 0 Å². The van der Waals surface area contributed by atoms with Gasteiger partial charge in [0.05, 0.1) is 28.2 Å². The molecule has 2 saturated heterocycles. The van der Waals surface area contributed by atoms with E-state index in [1.54, 1.807) is 23.1 Å². The lowest BCUT2D eigenvalue weighted by atomic mass is 9.95. The van der Waals surface area contributed by atoms with Crippen molar-refractivity contribution in [1.82, 2.24) is 24.3 Å². The number of benzene rings is 2. The van der Waals surface area contributed by atoms with Gasteiger partial charge in [0.15, 0.2) is 0 Å². The van der Waals surface area contributed by atoms with E-state index in [4.69, 9.17) is 28.2 Å². The minimum absolute atomic E-state index is 0.0413. The molecule has 3 heterocycles. The van der Waals surface area contributed by atoms with Crippen LogP contribution in [0, 0.1) is 5.92 Å². The molecule has 2 aliphatic rings. The Kier molecular flexibility index (Phi) is 7.00. The number of nitrogens with zero attached hydrogens (tertiary/aromatic N) is 5. The Bertz CT molecular complexity index is 1240.